The first-order valence-electron chi connectivity index (χ1n) is 4.68. The highest BCUT2D eigenvalue weighted by Gasteiger charge is 2.23. The van der Waals surface area contributed by atoms with Crippen LogP contribution in [0, 0.1) is 10.1 Å². The molecule has 1 unspecified atom stereocenters. The second kappa shape index (κ2) is 5.26. The van der Waals surface area contributed by atoms with E-state index in [9.17, 15) is 25.1 Å². The topological polar surface area (TPSA) is 110 Å². The van der Waals surface area contributed by atoms with Crippen LogP contribution in [0.5, 0.6) is 5.75 Å². The largest absolute Gasteiger partial charge is 0.508 e. The highest BCUT2D eigenvalue weighted by Crippen LogP contribution is 2.30. The Morgan fingerprint density at radius 3 is 2.76 bits per heavy atom. The molecule has 0 saturated carbocycles. The summed E-state index contributed by atoms with van der Waals surface area (Å²) in [6.07, 6.45) is -1.81. The molecule has 0 aromatic heterocycles. The van der Waals surface area contributed by atoms with Gasteiger partial charge >= 0.3 is 5.97 Å². The number of carbonyl (C=O) groups is 1. The minimum atomic E-state index is -1.39. The van der Waals surface area contributed by atoms with Gasteiger partial charge in [0.25, 0.3) is 5.69 Å². The lowest BCUT2D eigenvalue weighted by Crippen LogP contribution is -2.09. The fourth-order valence-electron chi connectivity index (χ4n) is 1.33. The minimum absolute atomic E-state index is 0.125. The SMILES string of the molecule is COC(=O)CC(O)c1cc(O)ccc1[N+](=O)[O-]. The molecule has 2 N–H and O–H groups in total. The zero-order chi connectivity index (χ0) is 13.0. The van der Waals surface area contributed by atoms with Crippen LogP contribution < -0.4 is 0 Å². The van der Waals surface area contributed by atoms with Gasteiger partial charge in [-0.3, -0.25) is 14.9 Å². The normalized spacial score (nSPS) is 11.9. The number of nitro groups is 1. The number of ether oxygens (including phenoxy) is 1. The van der Waals surface area contributed by atoms with Crippen molar-refractivity contribution < 1.29 is 24.7 Å². The van der Waals surface area contributed by atoms with Crippen molar-refractivity contribution in [2.24, 2.45) is 0 Å². The lowest BCUT2D eigenvalue weighted by atomic mass is 10.0. The third kappa shape index (κ3) is 3.15. The Labute approximate surface area is 96.4 Å². The number of benzene rings is 1. The van der Waals surface area contributed by atoms with Crippen LogP contribution in [-0.4, -0.2) is 28.2 Å². The summed E-state index contributed by atoms with van der Waals surface area (Å²) in [6.45, 7) is 0. The molecule has 1 atom stereocenters. The molecule has 0 radical (unpaired) electrons. The van der Waals surface area contributed by atoms with Crippen LogP contribution in [0.15, 0.2) is 18.2 Å². The number of nitrogens with zero attached hydrogens (tertiary/aromatic N) is 1. The van der Waals surface area contributed by atoms with E-state index in [-0.39, 0.29) is 17.0 Å². The van der Waals surface area contributed by atoms with E-state index in [4.69, 9.17) is 0 Å². The zero-order valence-electron chi connectivity index (χ0n) is 8.99. The highest BCUT2D eigenvalue weighted by atomic mass is 16.6. The summed E-state index contributed by atoms with van der Waals surface area (Å²) in [5, 5.41) is 29.6. The summed E-state index contributed by atoms with van der Waals surface area (Å²) in [7, 11) is 1.14. The number of aliphatic hydroxyl groups excluding tert-OH is 1. The molecule has 1 aromatic carbocycles. The molecular formula is C10H11NO6. The standard InChI is InChI=1S/C10H11NO6/c1-17-10(14)5-9(13)7-4-6(12)2-3-8(7)11(15)16/h2-4,9,12-13H,5H2,1H3. The molecule has 0 aliphatic heterocycles. The first kappa shape index (κ1) is 12.9. The summed E-state index contributed by atoms with van der Waals surface area (Å²) in [5.74, 6) is -0.926. The predicted octanol–water partition coefficient (Wildman–Crippen LogP) is 0.897. The second-order valence-electron chi connectivity index (χ2n) is 3.30. The summed E-state index contributed by atoms with van der Waals surface area (Å²) >= 11 is 0. The van der Waals surface area contributed by atoms with Crippen LogP contribution in [-0.2, 0) is 9.53 Å². The van der Waals surface area contributed by atoms with Gasteiger partial charge in [0, 0.05) is 6.07 Å². The molecule has 0 bridgehead atoms. The first-order chi connectivity index (χ1) is 7.95. The van der Waals surface area contributed by atoms with Crippen LogP contribution in [0.3, 0.4) is 0 Å². The minimum Gasteiger partial charge on any atom is -0.508 e. The number of aliphatic hydroxyl groups is 1. The van der Waals surface area contributed by atoms with E-state index in [0.29, 0.717) is 0 Å². The van der Waals surface area contributed by atoms with Gasteiger partial charge in [-0.05, 0) is 12.1 Å². The van der Waals surface area contributed by atoms with Crippen molar-refractivity contribution in [1.29, 1.82) is 0 Å². The van der Waals surface area contributed by atoms with E-state index >= 15 is 0 Å². The molecule has 1 aromatic rings. The lowest BCUT2D eigenvalue weighted by Gasteiger charge is -2.10. The third-order valence-corrected chi connectivity index (χ3v) is 2.15. The van der Waals surface area contributed by atoms with Crippen LogP contribution in [0.25, 0.3) is 0 Å². The molecule has 7 heteroatoms. The van der Waals surface area contributed by atoms with Crippen molar-refractivity contribution >= 4 is 11.7 Å². The highest BCUT2D eigenvalue weighted by molar-refractivity contribution is 5.70. The Morgan fingerprint density at radius 2 is 2.24 bits per heavy atom. The molecule has 7 nitrogen and oxygen atoms in total. The number of rotatable bonds is 4. The quantitative estimate of drug-likeness (QED) is 0.460. The molecule has 0 spiro atoms. The number of phenols is 1. The summed E-state index contributed by atoms with van der Waals surface area (Å²) in [6, 6.07) is 3.24. The molecule has 92 valence electrons. The van der Waals surface area contributed by atoms with E-state index in [1.54, 1.807) is 0 Å². The monoisotopic (exact) mass is 241 g/mol. The number of hydrogen-bond acceptors (Lipinski definition) is 6. The van der Waals surface area contributed by atoms with Crippen LogP contribution in [0.4, 0.5) is 5.69 Å². The third-order valence-electron chi connectivity index (χ3n) is 2.15. The Balaban J connectivity index is 3.06. The maximum atomic E-state index is 10.9. The van der Waals surface area contributed by atoms with Crippen molar-refractivity contribution in [3.63, 3.8) is 0 Å². The number of esters is 1. The number of hydrogen-bond donors (Lipinski definition) is 2. The summed E-state index contributed by atoms with van der Waals surface area (Å²) in [4.78, 5) is 20.9. The van der Waals surface area contributed by atoms with Gasteiger partial charge in [-0.15, -0.1) is 0 Å². The van der Waals surface area contributed by atoms with Crippen LogP contribution in [0.1, 0.15) is 18.1 Å². The van der Waals surface area contributed by atoms with Crippen LogP contribution in [0.2, 0.25) is 0 Å². The fourth-order valence-corrected chi connectivity index (χ4v) is 1.33. The van der Waals surface area contributed by atoms with Gasteiger partial charge in [0.2, 0.25) is 0 Å². The number of phenolic OH excluding ortho intramolecular Hbond substituents is 1. The molecule has 0 aliphatic rings. The van der Waals surface area contributed by atoms with Crippen molar-refractivity contribution in [1.82, 2.24) is 0 Å². The zero-order valence-corrected chi connectivity index (χ0v) is 8.99. The van der Waals surface area contributed by atoms with Gasteiger partial charge in [0.05, 0.1) is 30.1 Å². The Bertz CT molecular complexity index is 444. The van der Waals surface area contributed by atoms with Gasteiger partial charge in [0.15, 0.2) is 0 Å². The average Bonchev–Trinajstić information content (AvgIpc) is 2.28. The van der Waals surface area contributed by atoms with E-state index < -0.39 is 23.4 Å². The van der Waals surface area contributed by atoms with Crippen LogP contribution >= 0.6 is 0 Å². The van der Waals surface area contributed by atoms with Gasteiger partial charge < -0.3 is 14.9 Å². The maximum Gasteiger partial charge on any atom is 0.308 e. The summed E-state index contributed by atoms with van der Waals surface area (Å²) in [5.41, 5.74) is -0.486. The molecule has 0 fully saturated rings. The molecule has 17 heavy (non-hydrogen) atoms. The van der Waals surface area contributed by atoms with E-state index in [1.165, 1.54) is 0 Å². The van der Waals surface area contributed by atoms with Gasteiger partial charge in [-0.25, -0.2) is 0 Å². The molecule has 0 amide bonds. The first-order valence-corrected chi connectivity index (χ1v) is 4.68. The van der Waals surface area contributed by atoms with Gasteiger partial charge in [0.1, 0.15) is 5.75 Å². The average molecular weight is 241 g/mol. The Morgan fingerprint density at radius 1 is 1.59 bits per heavy atom. The van der Waals surface area contributed by atoms with E-state index in [2.05, 4.69) is 4.74 Å². The van der Waals surface area contributed by atoms with E-state index in [0.717, 1.165) is 25.3 Å². The maximum absolute atomic E-state index is 10.9. The van der Waals surface area contributed by atoms with Gasteiger partial charge in [-0.2, -0.15) is 0 Å². The molecule has 1 rings (SSSR count). The lowest BCUT2D eigenvalue weighted by molar-refractivity contribution is -0.386. The Hall–Kier alpha value is -2.15. The number of carbonyl (C=O) groups excluding carboxylic acids is 1. The number of methoxy groups -OCH3 is 1. The molecule has 0 aliphatic carbocycles. The van der Waals surface area contributed by atoms with Gasteiger partial charge in [-0.1, -0.05) is 0 Å². The number of nitro benzene ring substituents is 1. The Kier molecular flexibility index (Phi) is 4.00. The molecule has 0 heterocycles. The molecular weight excluding hydrogens is 230 g/mol. The number of aromatic hydroxyl groups is 1. The predicted molar refractivity (Wildman–Crippen MR) is 56.4 cm³/mol. The van der Waals surface area contributed by atoms with E-state index in [1.807, 2.05) is 0 Å². The second-order valence-corrected chi connectivity index (χ2v) is 3.30. The van der Waals surface area contributed by atoms with Crippen molar-refractivity contribution in [2.75, 3.05) is 7.11 Å². The van der Waals surface area contributed by atoms with Crippen molar-refractivity contribution in [2.45, 2.75) is 12.5 Å². The van der Waals surface area contributed by atoms with Crippen molar-refractivity contribution in [3.8, 4) is 5.75 Å². The summed E-state index contributed by atoms with van der Waals surface area (Å²) < 4.78 is 4.34. The van der Waals surface area contributed by atoms with Crippen molar-refractivity contribution in [3.05, 3.63) is 33.9 Å². The smallest absolute Gasteiger partial charge is 0.308 e. The fraction of sp³-hybridized carbons (Fsp3) is 0.300. The molecule has 0 saturated heterocycles.